The van der Waals surface area contributed by atoms with Crippen LogP contribution >= 0.6 is 0 Å². The van der Waals surface area contributed by atoms with E-state index < -0.39 is 23.8 Å². The van der Waals surface area contributed by atoms with Crippen LogP contribution in [0.4, 0.5) is 4.79 Å². The molecule has 2 rings (SSSR count). The molecule has 7 heteroatoms. The lowest BCUT2D eigenvalue weighted by atomic mass is 9.98. The molecule has 7 nitrogen and oxygen atoms in total. The molecule has 190 valence electrons. The highest BCUT2D eigenvalue weighted by molar-refractivity contribution is 5.92. The molecule has 0 bridgehead atoms. The minimum atomic E-state index is -0.862. The number of carbonyl (C=O) groups excluding carboxylic acids is 3. The second-order valence-corrected chi connectivity index (χ2v) is 10.0. The number of aryl methyl sites for hydroxylation is 1. The number of ether oxygens (including phenoxy) is 1. The molecule has 35 heavy (non-hydrogen) atoms. The fraction of sp³-hybridized carbons (Fsp3) is 0.464. The Hall–Kier alpha value is -3.35. The predicted molar refractivity (Wildman–Crippen MR) is 138 cm³/mol. The monoisotopic (exact) mass is 481 g/mol. The molecule has 0 fully saturated rings. The largest absolute Gasteiger partial charge is 0.444 e. The lowest BCUT2D eigenvalue weighted by Gasteiger charge is -2.33. The number of hydrogen-bond acceptors (Lipinski definition) is 4. The average molecular weight is 482 g/mol. The van der Waals surface area contributed by atoms with Gasteiger partial charge in [0.25, 0.3) is 0 Å². The summed E-state index contributed by atoms with van der Waals surface area (Å²) in [5.41, 5.74) is 2.10. The zero-order chi connectivity index (χ0) is 26.2. The fourth-order valence-electron chi connectivity index (χ4n) is 3.66. The summed E-state index contributed by atoms with van der Waals surface area (Å²) in [6.45, 7) is 11.4. The van der Waals surface area contributed by atoms with E-state index >= 15 is 0 Å². The van der Waals surface area contributed by atoms with Gasteiger partial charge in [0.05, 0.1) is 0 Å². The SMILES string of the molecule is CCc1ccc(C(C(=O)NCc2ccccc2)N(C)C(=O)C(NC(=O)OC(C)(C)C)C(C)C)cc1. The van der Waals surface area contributed by atoms with Crippen molar-refractivity contribution in [3.63, 3.8) is 0 Å². The van der Waals surface area contributed by atoms with Crippen molar-refractivity contribution in [1.29, 1.82) is 0 Å². The molecule has 2 atom stereocenters. The molecule has 0 aromatic heterocycles. The third kappa shape index (κ3) is 8.42. The van der Waals surface area contributed by atoms with Gasteiger partial charge in [0.15, 0.2) is 0 Å². The second-order valence-electron chi connectivity index (χ2n) is 10.0. The molecule has 0 radical (unpaired) electrons. The van der Waals surface area contributed by atoms with Crippen molar-refractivity contribution in [3.8, 4) is 0 Å². The van der Waals surface area contributed by atoms with E-state index in [0.29, 0.717) is 12.1 Å². The standard InChI is InChI=1S/C28H39N3O4/c1-8-20-14-16-22(17-15-20)24(25(32)29-18-21-12-10-9-11-13-21)31(7)26(33)23(19(2)3)30-27(34)35-28(4,5)6/h9-17,19,23-24H,8,18H2,1-7H3,(H,29,32)(H,30,34). The van der Waals surface area contributed by atoms with Crippen LogP contribution in [-0.4, -0.2) is 41.5 Å². The van der Waals surface area contributed by atoms with E-state index in [1.807, 2.05) is 68.4 Å². The molecule has 2 aromatic rings. The van der Waals surface area contributed by atoms with Crippen molar-refractivity contribution in [1.82, 2.24) is 15.5 Å². The number of nitrogens with one attached hydrogen (secondary N) is 2. The van der Waals surface area contributed by atoms with Crippen LogP contribution < -0.4 is 10.6 Å². The summed E-state index contributed by atoms with van der Waals surface area (Å²) in [5, 5.41) is 5.65. The molecule has 2 N–H and O–H groups in total. The summed E-state index contributed by atoms with van der Waals surface area (Å²) < 4.78 is 5.35. The Balaban J connectivity index is 2.30. The van der Waals surface area contributed by atoms with Gasteiger partial charge in [-0.15, -0.1) is 0 Å². The first-order valence-electron chi connectivity index (χ1n) is 12.1. The number of alkyl carbamates (subject to hydrolysis) is 1. The highest BCUT2D eigenvalue weighted by atomic mass is 16.6. The lowest BCUT2D eigenvalue weighted by molar-refractivity contribution is -0.141. The van der Waals surface area contributed by atoms with E-state index in [9.17, 15) is 14.4 Å². The van der Waals surface area contributed by atoms with Gasteiger partial charge >= 0.3 is 6.09 Å². The lowest BCUT2D eigenvalue weighted by Crippen LogP contribution is -2.53. The molecule has 2 unspecified atom stereocenters. The van der Waals surface area contributed by atoms with Crippen LogP contribution in [0.25, 0.3) is 0 Å². The third-order valence-corrected chi connectivity index (χ3v) is 5.60. The van der Waals surface area contributed by atoms with Gasteiger partial charge in [0.2, 0.25) is 11.8 Å². The number of rotatable bonds is 9. The van der Waals surface area contributed by atoms with Gasteiger partial charge in [-0.05, 0) is 49.8 Å². The first kappa shape index (κ1) is 27.9. The number of benzene rings is 2. The smallest absolute Gasteiger partial charge is 0.408 e. The minimum Gasteiger partial charge on any atom is -0.444 e. The van der Waals surface area contributed by atoms with Crippen LogP contribution in [0.2, 0.25) is 0 Å². The number of amides is 3. The number of nitrogens with zero attached hydrogens (tertiary/aromatic N) is 1. The van der Waals surface area contributed by atoms with Crippen molar-refractivity contribution >= 4 is 17.9 Å². The molecule has 0 saturated carbocycles. The first-order valence-corrected chi connectivity index (χ1v) is 12.1. The summed E-state index contributed by atoms with van der Waals surface area (Å²) in [5.74, 6) is -0.882. The van der Waals surface area contributed by atoms with E-state index in [-0.39, 0.29) is 17.7 Å². The fourth-order valence-corrected chi connectivity index (χ4v) is 3.66. The maximum atomic E-state index is 13.6. The Morgan fingerprint density at radius 1 is 0.943 bits per heavy atom. The highest BCUT2D eigenvalue weighted by Crippen LogP contribution is 2.23. The molecular formula is C28H39N3O4. The number of hydrogen-bond donors (Lipinski definition) is 2. The van der Waals surface area contributed by atoms with E-state index in [1.54, 1.807) is 27.8 Å². The maximum absolute atomic E-state index is 13.6. The zero-order valence-electron chi connectivity index (χ0n) is 21.9. The van der Waals surface area contributed by atoms with Gasteiger partial charge in [-0.3, -0.25) is 9.59 Å². The molecule has 3 amide bonds. The summed E-state index contributed by atoms with van der Waals surface area (Å²) in [7, 11) is 1.59. The Kier molecular flexibility index (Phi) is 9.87. The van der Waals surface area contributed by atoms with Crippen LogP contribution in [0.5, 0.6) is 0 Å². The summed E-state index contributed by atoms with van der Waals surface area (Å²) in [6.07, 6.45) is 0.199. The van der Waals surface area contributed by atoms with Crippen molar-refractivity contribution < 1.29 is 19.1 Å². The van der Waals surface area contributed by atoms with Crippen molar-refractivity contribution in [3.05, 3.63) is 71.3 Å². The highest BCUT2D eigenvalue weighted by Gasteiger charge is 2.35. The average Bonchev–Trinajstić information content (AvgIpc) is 2.80. The first-order chi connectivity index (χ1) is 16.4. The molecular weight excluding hydrogens is 442 g/mol. The van der Waals surface area contributed by atoms with Crippen LogP contribution in [0.15, 0.2) is 54.6 Å². The molecule has 0 aliphatic rings. The van der Waals surface area contributed by atoms with E-state index in [4.69, 9.17) is 4.74 Å². The predicted octanol–water partition coefficient (Wildman–Crippen LogP) is 4.61. The van der Waals surface area contributed by atoms with Crippen molar-refractivity contribution in [2.75, 3.05) is 7.05 Å². The minimum absolute atomic E-state index is 0.215. The number of likely N-dealkylation sites (N-methyl/N-ethyl adjacent to an activating group) is 1. The van der Waals surface area contributed by atoms with Gasteiger partial charge in [-0.25, -0.2) is 4.79 Å². The molecule has 0 heterocycles. The third-order valence-electron chi connectivity index (χ3n) is 5.60. The van der Waals surface area contributed by atoms with Gasteiger partial charge in [0.1, 0.15) is 17.7 Å². The summed E-state index contributed by atoms with van der Waals surface area (Å²) in [4.78, 5) is 40.8. The maximum Gasteiger partial charge on any atom is 0.408 e. The normalized spacial score (nSPS) is 13.0. The van der Waals surface area contributed by atoms with Gasteiger partial charge in [-0.2, -0.15) is 0 Å². The molecule has 0 saturated heterocycles. The molecule has 0 aliphatic heterocycles. The molecule has 0 spiro atoms. The summed E-state index contributed by atoms with van der Waals surface area (Å²) >= 11 is 0. The molecule has 2 aromatic carbocycles. The Bertz CT molecular complexity index is 982. The quantitative estimate of drug-likeness (QED) is 0.547. The zero-order valence-corrected chi connectivity index (χ0v) is 21.9. The topological polar surface area (TPSA) is 87.7 Å². The Morgan fingerprint density at radius 3 is 2.06 bits per heavy atom. The van der Waals surface area contributed by atoms with Crippen LogP contribution in [0, 0.1) is 5.92 Å². The Morgan fingerprint density at radius 2 is 1.54 bits per heavy atom. The van der Waals surface area contributed by atoms with Gasteiger partial charge in [0, 0.05) is 13.6 Å². The molecule has 0 aliphatic carbocycles. The van der Waals surface area contributed by atoms with Gasteiger partial charge < -0.3 is 20.3 Å². The van der Waals surface area contributed by atoms with Crippen LogP contribution in [0.1, 0.15) is 64.3 Å². The van der Waals surface area contributed by atoms with Crippen LogP contribution in [0.3, 0.4) is 0 Å². The Labute approximate surface area is 209 Å². The van der Waals surface area contributed by atoms with Crippen molar-refractivity contribution in [2.24, 2.45) is 5.92 Å². The van der Waals surface area contributed by atoms with E-state index in [1.165, 1.54) is 4.90 Å². The van der Waals surface area contributed by atoms with Gasteiger partial charge in [-0.1, -0.05) is 75.4 Å². The van der Waals surface area contributed by atoms with Crippen molar-refractivity contribution in [2.45, 2.75) is 72.2 Å². The summed E-state index contributed by atoms with van der Waals surface area (Å²) in [6, 6.07) is 15.6. The second kappa shape index (κ2) is 12.4. The van der Waals surface area contributed by atoms with E-state index in [2.05, 4.69) is 17.6 Å². The number of carbonyl (C=O) groups is 3. The van der Waals surface area contributed by atoms with Crippen LogP contribution in [-0.2, 0) is 27.3 Å². The van der Waals surface area contributed by atoms with E-state index in [0.717, 1.165) is 17.5 Å².